The smallest absolute Gasteiger partial charge is 0.319 e. The summed E-state index contributed by atoms with van der Waals surface area (Å²) in [6.07, 6.45) is 0. The molecule has 0 spiro atoms. The number of carbonyl (C=O) groups excluding carboxylic acids is 2. The van der Waals surface area contributed by atoms with Crippen LogP contribution in [0.1, 0.15) is 19.4 Å². The summed E-state index contributed by atoms with van der Waals surface area (Å²) in [5.41, 5.74) is 0.580. The lowest BCUT2D eigenvalue weighted by atomic mass is 9.92. The first-order valence-corrected chi connectivity index (χ1v) is 5.79. The number of imide groups is 1. The minimum absolute atomic E-state index is 0.235. The second-order valence-corrected chi connectivity index (χ2v) is 4.77. The minimum atomic E-state index is -0.978. The maximum Gasteiger partial charge on any atom is 0.325 e. The third-order valence-electron chi connectivity index (χ3n) is 3.05. The van der Waals surface area contributed by atoms with Crippen LogP contribution < -0.4 is 5.32 Å². The van der Waals surface area contributed by atoms with Gasteiger partial charge in [0.25, 0.3) is 5.91 Å². The zero-order valence-corrected chi connectivity index (χ0v) is 10.6. The molecule has 1 unspecified atom stereocenters. The van der Waals surface area contributed by atoms with Gasteiger partial charge in [0, 0.05) is 0 Å². The van der Waals surface area contributed by atoms with E-state index in [1.807, 2.05) is 30.3 Å². The Labute approximate surface area is 106 Å². The first-order valence-electron chi connectivity index (χ1n) is 5.79. The summed E-state index contributed by atoms with van der Waals surface area (Å²) in [5.74, 6) is -0.235. The van der Waals surface area contributed by atoms with Crippen molar-refractivity contribution >= 4 is 11.9 Å². The Morgan fingerprint density at radius 1 is 1.33 bits per heavy atom. The van der Waals surface area contributed by atoms with Crippen molar-refractivity contribution in [2.75, 3.05) is 6.54 Å². The van der Waals surface area contributed by atoms with Crippen molar-refractivity contribution in [3.63, 3.8) is 0 Å². The fourth-order valence-electron chi connectivity index (χ4n) is 2.08. The third-order valence-corrected chi connectivity index (χ3v) is 3.05. The number of rotatable bonds is 3. The second-order valence-electron chi connectivity index (χ2n) is 4.77. The van der Waals surface area contributed by atoms with Crippen molar-refractivity contribution in [3.8, 4) is 0 Å². The van der Waals surface area contributed by atoms with Gasteiger partial charge in [0.15, 0.2) is 0 Å². The molecule has 94 valence electrons. The molecule has 0 aliphatic carbocycles. The van der Waals surface area contributed by atoms with Crippen LogP contribution in [-0.4, -0.2) is 23.4 Å². The van der Waals surface area contributed by atoms with Gasteiger partial charge in [0.2, 0.25) is 0 Å². The van der Waals surface area contributed by atoms with Gasteiger partial charge in [0.05, 0.1) is 6.54 Å². The fourth-order valence-corrected chi connectivity index (χ4v) is 2.08. The van der Waals surface area contributed by atoms with Gasteiger partial charge in [0.1, 0.15) is 5.54 Å². The van der Waals surface area contributed by atoms with Gasteiger partial charge in [-0.15, -0.1) is 0 Å². The minimum Gasteiger partial charge on any atom is -0.319 e. The van der Waals surface area contributed by atoms with E-state index in [2.05, 4.69) is 11.9 Å². The van der Waals surface area contributed by atoms with E-state index in [0.29, 0.717) is 0 Å². The molecule has 0 radical (unpaired) electrons. The third kappa shape index (κ3) is 1.90. The lowest BCUT2D eigenvalue weighted by molar-refractivity contribution is -0.130. The zero-order valence-electron chi connectivity index (χ0n) is 10.6. The summed E-state index contributed by atoms with van der Waals surface area (Å²) in [6.45, 7) is 7.50. The van der Waals surface area contributed by atoms with Crippen molar-refractivity contribution in [2.24, 2.45) is 0 Å². The lowest BCUT2D eigenvalue weighted by Gasteiger charge is -2.22. The molecule has 4 heteroatoms. The molecular formula is C14H16N2O2. The highest BCUT2D eigenvalue weighted by Crippen LogP contribution is 2.28. The number of urea groups is 1. The molecule has 0 saturated carbocycles. The Morgan fingerprint density at radius 3 is 2.50 bits per heavy atom. The molecule has 1 aliphatic heterocycles. The zero-order chi connectivity index (χ0) is 13.3. The maximum absolute atomic E-state index is 12.4. The Kier molecular flexibility index (Phi) is 2.95. The highest BCUT2D eigenvalue weighted by Gasteiger charge is 2.48. The topological polar surface area (TPSA) is 49.4 Å². The van der Waals surface area contributed by atoms with E-state index >= 15 is 0 Å². The van der Waals surface area contributed by atoms with Crippen molar-refractivity contribution < 1.29 is 9.59 Å². The number of hydrogen-bond donors (Lipinski definition) is 1. The second kappa shape index (κ2) is 4.29. The molecule has 0 aromatic heterocycles. The average Bonchev–Trinajstić information content (AvgIpc) is 2.55. The van der Waals surface area contributed by atoms with Gasteiger partial charge < -0.3 is 5.32 Å². The average molecular weight is 244 g/mol. The predicted molar refractivity (Wildman–Crippen MR) is 68.9 cm³/mol. The van der Waals surface area contributed by atoms with E-state index in [4.69, 9.17) is 0 Å². The van der Waals surface area contributed by atoms with Crippen molar-refractivity contribution in [1.82, 2.24) is 10.2 Å². The number of nitrogens with one attached hydrogen (secondary N) is 1. The van der Waals surface area contributed by atoms with Gasteiger partial charge in [-0.3, -0.25) is 9.69 Å². The van der Waals surface area contributed by atoms with Gasteiger partial charge in [-0.1, -0.05) is 42.5 Å². The molecule has 2 rings (SSSR count). The number of nitrogens with zero attached hydrogens (tertiary/aromatic N) is 1. The number of carbonyl (C=O) groups is 2. The number of hydrogen-bond acceptors (Lipinski definition) is 2. The van der Waals surface area contributed by atoms with Crippen LogP contribution in [0.15, 0.2) is 42.5 Å². The summed E-state index contributed by atoms with van der Waals surface area (Å²) in [5, 5.41) is 2.75. The largest absolute Gasteiger partial charge is 0.325 e. The van der Waals surface area contributed by atoms with Crippen LogP contribution in [0.25, 0.3) is 0 Å². The van der Waals surface area contributed by atoms with Crippen LogP contribution in [-0.2, 0) is 10.3 Å². The van der Waals surface area contributed by atoms with E-state index in [0.717, 1.165) is 11.1 Å². The van der Waals surface area contributed by atoms with Crippen LogP contribution in [0.5, 0.6) is 0 Å². The lowest BCUT2D eigenvalue weighted by Crippen LogP contribution is -2.41. The van der Waals surface area contributed by atoms with Crippen LogP contribution >= 0.6 is 0 Å². The molecule has 1 aliphatic rings. The molecule has 1 heterocycles. The summed E-state index contributed by atoms with van der Waals surface area (Å²) in [6, 6.07) is 8.88. The molecule has 1 N–H and O–H groups in total. The summed E-state index contributed by atoms with van der Waals surface area (Å²) < 4.78 is 0. The molecule has 0 bridgehead atoms. The van der Waals surface area contributed by atoms with Gasteiger partial charge >= 0.3 is 6.03 Å². The molecular weight excluding hydrogens is 228 g/mol. The van der Waals surface area contributed by atoms with Crippen LogP contribution in [0, 0.1) is 0 Å². The predicted octanol–water partition coefficient (Wildman–Crippen LogP) is 2.03. The van der Waals surface area contributed by atoms with Crippen molar-refractivity contribution in [3.05, 3.63) is 48.0 Å². The fraction of sp³-hybridized carbons (Fsp3) is 0.286. The van der Waals surface area contributed by atoms with Gasteiger partial charge in [-0.25, -0.2) is 4.79 Å². The van der Waals surface area contributed by atoms with Gasteiger partial charge in [-0.05, 0) is 19.4 Å². The maximum atomic E-state index is 12.4. The molecule has 1 saturated heterocycles. The van der Waals surface area contributed by atoms with E-state index in [1.165, 1.54) is 4.90 Å². The highest BCUT2D eigenvalue weighted by atomic mass is 16.2. The molecule has 18 heavy (non-hydrogen) atoms. The highest BCUT2D eigenvalue weighted by molar-refractivity contribution is 6.07. The Morgan fingerprint density at radius 2 is 1.94 bits per heavy atom. The first-order chi connectivity index (χ1) is 8.45. The SMILES string of the molecule is C=C(C)CN1C(=O)NC(C)(c2ccccc2)C1=O. The van der Waals surface area contributed by atoms with Gasteiger partial charge in [-0.2, -0.15) is 0 Å². The molecule has 1 atom stereocenters. The Balaban J connectivity index is 2.35. The van der Waals surface area contributed by atoms with E-state index in [-0.39, 0.29) is 18.5 Å². The molecule has 1 aromatic carbocycles. The Bertz CT molecular complexity index is 510. The van der Waals surface area contributed by atoms with Crippen molar-refractivity contribution in [2.45, 2.75) is 19.4 Å². The number of benzene rings is 1. The normalized spacial score (nSPS) is 23.1. The van der Waals surface area contributed by atoms with Crippen LogP contribution in [0.3, 0.4) is 0 Å². The molecule has 1 aromatic rings. The number of amides is 3. The van der Waals surface area contributed by atoms with E-state index in [9.17, 15) is 9.59 Å². The molecule has 1 fully saturated rings. The monoisotopic (exact) mass is 244 g/mol. The van der Waals surface area contributed by atoms with Crippen LogP contribution in [0.2, 0.25) is 0 Å². The summed E-state index contributed by atoms with van der Waals surface area (Å²) in [7, 11) is 0. The quantitative estimate of drug-likeness (QED) is 0.653. The standard InChI is InChI=1S/C14H16N2O2/c1-10(2)9-16-12(17)14(3,15-13(16)18)11-7-5-4-6-8-11/h4-8H,1,9H2,2-3H3,(H,15,18). The molecule has 4 nitrogen and oxygen atoms in total. The summed E-state index contributed by atoms with van der Waals surface area (Å²) in [4.78, 5) is 25.4. The van der Waals surface area contributed by atoms with Crippen molar-refractivity contribution in [1.29, 1.82) is 0 Å². The summed E-state index contributed by atoms with van der Waals surface area (Å²) >= 11 is 0. The molecule has 3 amide bonds. The van der Waals surface area contributed by atoms with Crippen LogP contribution in [0.4, 0.5) is 4.79 Å². The van der Waals surface area contributed by atoms with E-state index in [1.54, 1.807) is 13.8 Å². The van der Waals surface area contributed by atoms with E-state index < -0.39 is 5.54 Å². The Hall–Kier alpha value is -2.10. The first kappa shape index (κ1) is 12.4.